The van der Waals surface area contributed by atoms with Crippen molar-refractivity contribution >= 4 is 5.97 Å². The molecule has 0 bridgehead atoms. The van der Waals surface area contributed by atoms with Crippen LogP contribution in [0.1, 0.15) is 0 Å². The van der Waals surface area contributed by atoms with Crippen LogP contribution in [-0.2, 0) is 4.79 Å². The fourth-order valence-electron chi connectivity index (χ4n) is 0.628. The van der Waals surface area contributed by atoms with Crippen LogP contribution in [-0.4, -0.2) is 36.6 Å². The van der Waals surface area contributed by atoms with Crippen LogP contribution in [0, 0.1) is 0 Å². The van der Waals surface area contributed by atoms with Crippen molar-refractivity contribution in [3.8, 4) is 0 Å². The molecule has 0 aromatic carbocycles. The number of aliphatic carboxylic acids is 1. The van der Waals surface area contributed by atoms with E-state index in [1.54, 1.807) is 0 Å². The number of hydrogen-bond donors (Lipinski definition) is 1. The van der Waals surface area contributed by atoms with Crippen molar-refractivity contribution < 1.29 is 9.90 Å². The number of likely N-dealkylation sites (N-methyl/N-ethyl adjacent to an activating group) is 1. The molecule has 0 amide bonds. The standard InChI is InChI=1S/C8H13NO2/c1-6(5-9(3)4)7(2)8(10)11/h1-2,5H2,3-4H3,(H,10,11). The highest BCUT2D eigenvalue weighted by atomic mass is 16.4. The molecule has 0 unspecified atom stereocenters. The van der Waals surface area contributed by atoms with Crippen molar-refractivity contribution in [2.24, 2.45) is 0 Å². The third-order valence-electron chi connectivity index (χ3n) is 1.19. The van der Waals surface area contributed by atoms with Crippen molar-refractivity contribution in [3.05, 3.63) is 24.3 Å². The minimum absolute atomic E-state index is 0.0821. The number of rotatable bonds is 4. The quantitative estimate of drug-likeness (QED) is 0.481. The fourth-order valence-corrected chi connectivity index (χ4v) is 0.628. The molecule has 3 heteroatoms. The Morgan fingerprint density at radius 1 is 1.45 bits per heavy atom. The lowest BCUT2D eigenvalue weighted by Crippen LogP contribution is -2.17. The van der Waals surface area contributed by atoms with Gasteiger partial charge in [-0.25, -0.2) is 4.79 Å². The molecule has 0 aliphatic rings. The molecule has 0 aromatic rings. The van der Waals surface area contributed by atoms with E-state index in [9.17, 15) is 4.79 Å². The largest absolute Gasteiger partial charge is 0.478 e. The topological polar surface area (TPSA) is 40.5 Å². The molecule has 0 rings (SSSR count). The molecule has 0 aliphatic heterocycles. The number of carboxylic acid groups (broad SMARTS) is 1. The summed E-state index contributed by atoms with van der Waals surface area (Å²) in [6.45, 7) is 7.51. The van der Waals surface area contributed by atoms with Crippen LogP contribution in [0.25, 0.3) is 0 Å². The van der Waals surface area contributed by atoms with Gasteiger partial charge < -0.3 is 10.0 Å². The van der Waals surface area contributed by atoms with Gasteiger partial charge in [0.2, 0.25) is 0 Å². The number of carbonyl (C=O) groups is 1. The SMILES string of the molecule is C=C(CN(C)C)C(=C)C(=O)O. The first-order valence-electron chi connectivity index (χ1n) is 3.20. The van der Waals surface area contributed by atoms with Crippen molar-refractivity contribution in [1.29, 1.82) is 0 Å². The highest BCUT2D eigenvalue weighted by Crippen LogP contribution is 2.05. The summed E-state index contributed by atoms with van der Waals surface area (Å²) in [7, 11) is 3.70. The number of carboxylic acids is 1. The van der Waals surface area contributed by atoms with Gasteiger partial charge in [-0.1, -0.05) is 13.2 Å². The molecule has 0 heterocycles. The molecule has 11 heavy (non-hydrogen) atoms. The lowest BCUT2D eigenvalue weighted by molar-refractivity contribution is -0.132. The third kappa shape index (κ3) is 3.57. The maximum atomic E-state index is 10.3. The van der Waals surface area contributed by atoms with E-state index in [4.69, 9.17) is 5.11 Å². The molecule has 0 aromatic heterocycles. The van der Waals surface area contributed by atoms with Gasteiger partial charge in [-0.15, -0.1) is 0 Å². The van der Waals surface area contributed by atoms with Crippen LogP contribution >= 0.6 is 0 Å². The van der Waals surface area contributed by atoms with Crippen molar-refractivity contribution in [3.63, 3.8) is 0 Å². The lowest BCUT2D eigenvalue weighted by atomic mass is 10.1. The van der Waals surface area contributed by atoms with Crippen LogP contribution in [0.2, 0.25) is 0 Å². The second-order valence-corrected chi connectivity index (χ2v) is 2.63. The maximum Gasteiger partial charge on any atom is 0.335 e. The van der Waals surface area contributed by atoms with Crippen molar-refractivity contribution in [1.82, 2.24) is 4.90 Å². The van der Waals surface area contributed by atoms with E-state index in [-0.39, 0.29) is 5.57 Å². The molecule has 0 atom stereocenters. The first-order chi connectivity index (χ1) is 4.95. The highest BCUT2D eigenvalue weighted by molar-refractivity contribution is 5.90. The highest BCUT2D eigenvalue weighted by Gasteiger charge is 2.07. The minimum atomic E-state index is -1.00. The third-order valence-corrected chi connectivity index (χ3v) is 1.19. The Kier molecular flexibility index (Phi) is 3.54. The zero-order chi connectivity index (χ0) is 9.02. The van der Waals surface area contributed by atoms with Gasteiger partial charge in [0.15, 0.2) is 0 Å². The van der Waals surface area contributed by atoms with Gasteiger partial charge in [0.1, 0.15) is 0 Å². The first-order valence-corrected chi connectivity index (χ1v) is 3.20. The van der Waals surface area contributed by atoms with Gasteiger partial charge in [-0.05, 0) is 19.7 Å². The monoisotopic (exact) mass is 155 g/mol. The molecule has 0 radical (unpaired) electrons. The van der Waals surface area contributed by atoms with E-state index in [0.29, 0.717) is 12.1 Å². The molecule has 0 saturated carbocycles. The maximum absolute atomic E-state index is 10.3. The van der Waals surface area contributed by atoms with E-state index in [2.05, 4.69) is 13.2 Å². The smallest absolute Gasteiger partial charge is 0.335 e. The Bertz CT molecular complexity index is 194. The molecular formula is C8H13NO2. The van der Waals surface area contributed by atoms with Crippen LogP contribution in [0.3, 0.4) is 0 Å². The van der Waals surface area contributed by atoms with E-state index < -0.39 is 5.97 Å². The second kappa shape index (κ2) is 3.93. The molecule has 0 fully saturated rings. The zero-order valence-electron chi connectivity index (χ0n) is 6.92. The Labute approximate surface area is 66.6 Å². The van der Waals surface area contributed by atoms with Gasteiger partial charge in [0.25, 0.3) is 0 Å². The summed E-state index contributed by atoms with van der Waals surface area (Å²) in [5.74, 6) is -1.00. The normalized spacial score (nSPS) is 9.73. The van der Waals surface area contributed by atoms with Crippen LogP contribution < -0.4 is 0 Å². The predicted molar refractivity (Wildman–Crippen MR) is 44.5 cm³/mol. The summed E-state index contributed by atoms with van der Waals surface area (Å²) >= 11 is 0. The average molecular weight is 155 g/mol. The molecule has 0 aliphatic carbocycles. The predicted octanol–water partition coefficient (Wildman–Crippen LogP) is 0.745. The lowest BCUT2D eigenvalue weighted by Gasteiger charge is -2.11. The first kappa shape index (κ1) is 9.91. The Hall–Kier alpha value is -1.09. The van der Waals surface area contributed by atoms with E-state index in [1.807, 2.05) is 19.0 Å². The summed E-state index contributed by atoms with van der Waals surface area (Å²) in [6, 6.07) is 0. The minimum Gasteiger partial charge on any atom is -0.478 e. The average Bonchev–Trinajstić information content (AvgIpc) is 1.84. The van der Waals surface area contributed by atoms with Gasteiger partial charge in [0.05, 0.1) is 5.57 Å². The summed E-state index contributed by atoms with van der Waals surface area (Å²) in [5, 5.41) is 8.49. The summed E-state index contributed by atoms with van der Waals surface area (Å²) in [4.78, 5) is 12.2. The van der Waals surface area contributed by atoms with Gasteiger partial charge in [-0.2, -0.15) is 0 Å². The molecule has 3 nitrogen and oxygen atoms in total. The van der Waals surface area contributed by atoms with Gasteiger partial charge in [0, 0.05) is 6.54 Å². The van der Waals surface area contributed by atoms with Crippen molar-refractivity contribution in [2.75, 3.05) is 20.6 Å². The second-order valence-electron chi connectivity index (χ2n) is 2.63. The Balaban J connectivity index is 4.05. The molecule has 0 saturated heterocycles. The molecule has 62 valence electrons. The number of nitrogens with zero attached hydrogens (tertiary/aromatic N) is 1. The Morgan fingerprint density at radius 3 is 2.18 bits per heavy atom. The molecule has 0 spiro atoms. The molecular weight excluding hydrogens is 142 g/mol. The fraction of sp³-hybridized carbons (Fsp3) is 0.375. The van der Waals surface area contributed by atoms with Gasteiger partial charge >= 0.3 is 5.97 Å². The van der Waals surface area contributed by atoms with E-state index >= 15 is 0 Å². The molecule has 1 N–H and O–H groups in total. The van der Waals surface area contributed by atoms with Crippen LogP contribution in [0.15, 0.2) is 24.3 Å². The van der Waals surface area contributed by atoms with Crippen LogP contribution in [0.4, 0.5) is 0 Å². The van der Waals surface area contributed by atoms with Gasteiger partial charge in [-0.3, -0.25) is 0 Å². The summed E-state index contributed by atoms with van der Waals surface area (Å²) < 4.78 is 0. The van der Waals surface area contributed by atoms with E-state index in [0.717, 1.165) is 0 Å². The number of hydrogen-bond acceptors (Lipinski definition) is 2. The summed E-state index contributed by atoms with van der Waals surface area (Å²) in [5.41, 5.74) is 0.626. The zero-order valence-corrected chi connectivity index (χ0v) is 6.92. The van der Waals surface area contributed by atoms with E-state index in [1.165, 1.54) is 0 Å². The van der Waals surface area contributed by atoms with Crippen LogP contribution in [0.5, 0.6) is 0 Å². The summed E-state index contributed by atoms with van der Waals surface area (Å²) in [6.07, 6.45) is 0. The van der Waals surface area contributed by atoms with Crippen molar-refractivity contribution in [2.45, 2.75) is 0 Å². The Morgan fingerprint density at radius 2 is 1.91 bits per heavy atom.